The number of ether oxygens (including phenoxy) is 4. The number of halogens is 1. The van der Waals surface area contributed by atoms with E-state index in [-0.39, 0.29) is 19.0 Å². The van der Waals surface area contributed by atoms with E-state index in [0.29, 0.717) is 31.6 Å². The highest BCUT2D eigenvalue weighted by Gasteiger charge is 2.35. The maximum Gasteiger partial charge on any atom is 0.344 e. The molecule has 0 aromatic heterocycles. The largest absolute Gasteiger partial charge is 0.482 e. The van der Waals surface area contributed by atoms with Gasteiger partial charge in [-0.05, 0) is 24.6 Å². The summed E-state index contributed by atoms with van der Waals surface area (Å²) in [5, 5.41) is 0. The maximum atomic E-state index is 13.9. The molecule has 0 radical (unpaired) electrons. The zero-order chi connectivity index (χ0) is 16.0. The minimum atomic E-state index is -0.581. The van der Waals surface area contributed by atoms with E-state index >= 15 is 0 Å². The van der Waals surface area contributed by atoms with Crippen molar-refractivity contribution in [3.8, 4) is 5.75 Å². The smallest absolute Gasteiger partial charge is 0.344 e. The number of carbonyl (C=O) groups excluding carboxylic acids is 1. The van der Waals surface area contributed by atoms with Crippen LogP contribution in [0.15, 0.2) is 18.2 Å². The first-order valence-corrected chi connectivity index (χ1v) is 7.32. The Balaban J connectivity index is 2.16. The summed E-state index contributed by atoms with van der Waals surface area (Å²) in [6, 6.07) is 4.38. The van der Waals surface area contributed by atoms with Crippen molar-refractivity contribution in [3.05, 3.63) is 29.6 Å². The molecule has 1 aromatic carbocycles. The van der Waals surface area contributed by atoms with Crippen LogP contribution in [0.2, 0.25) is 0 Å². The Bertz CT molecular complexity index is 511. The first kappa shape index (κ1) is 16.7. The predicted molar refractivity (Wildman–Crippen MR) is 77.3 cm³/mol. The second-order valence-corrected chi connectivity index (χ2v) is 5.08. The van der Waals surface area contributed by atoms with Gasteiger partial charge in [-0.2, -0.15) is 0 Å². The normalized spacial score (nSPS) is 17.0. The number of benzene rings is 1. The summed E-state index contributed by atoms with van der Waals surface area (Å²) in [5.41, 5.74) is 0.111. The van der Waals surface area contributed by atoms with Crippen LogP contribution in [0.25, 0.3) is 0 Å². The summed E-state index contributed by atoms with van der Waals surface area (Å²) >= 11 is 0. The third kappa shape index (κ3) is 3.96. The highest BCUT2D eigenvalue weighted by molar-refractivity contribution is 5.71. The molecule has 1 aliphatic rings. The van der Waals surface area contributed by atoms with Gasteiger partial charge in [0.25, 0.3) is 0 Å². The van der Waals surface area contributed by atoms with Crippen LogP contribution in [0.4, 0.5) is 4.39 Å². The molecule has 1 saturated heterocycles. The molecule has 0 saturated carbocycles. The van der Waals surface area contributed by atoms with Crippen molar-refractivity contribution < 1.29 is 28.1 Å². The van der Waals surface area contributed by atoms with Gasteiger partial charge in [0, 0.05) is 39.2 Å². The molecule has 1 aliphatic heterocycles. The minimum Gasteiger partial charge on any atom is -0.482 e. The van der Waals surface area contributed by atoms with Crippen LogP contribution in [0.1, 0.15) is 25.3 Å². The molecule has 6 heteroatoms. The first-order chi connectivity index (χ1) is 10.6. The molecule has 22 heavy (non-hydrogen) atoms. The van der Waals surface area contributed by atoms with Gasteiger partial charge in [-0.15, -0.1) is 0 Å². The highest BCUT2D eigenvalue weighted by Crippen LogP contribution is 2.37. The first-order valence-electron chi connectivity index (χ1n) is 7.32. The van der Waals surface area contributed by atoms with Gasteiger partial charge >= 0.3 is 5.97 Å². The monoisotopic (exact) mass is 312 g/mol. The lowest BCUT2D eigenvalue weighted by molar-refractivity contribution is -0.145. The molecule has 0 bridgehead atoms. The Kier molecular flexibility index (Phi) is 5.74. The van der Waals surface area contributed by atoms with E-state index < -0.39 is 17.4 Å². The number of methoxy groups -OCH3 is 1. The number of rotatable bonds is 6. The van der Waals surface area contributed by atoms with Gasteiger partial charge in [-0.1, -0.05) is 0 Å². The summed E-state index contributed by atoms with van der Waals surface area (Å²) in [5.74, 6) is -0.633. The molecular formula is C16H21FO5. The standard InChI is InChI=1S/C16H21FO5/c1-3-21-15(18)11-22-14-9-12(8-13(17)10-14)16(19-2)4-6-20-7-5-16/h8-10H,3-7,11H2,1-2H3. The summed E-state index contributed by atoms with van der Waals surface area (Å²) in [4.78, 5) is 11.3. The molecule has 0 spiro atoms. The third-order valence-corrected chi connectivity index (χ3v) is 3.75. The maximum absolute atomic E-state index is 13.9. The van der Waals surface area contributed by atoms with Gasteiger partial charge in [0.05, 0.1) is 12.2 Å². The minimum absolute atomic E-state index is 0.250. The molecule has 122 valence electrons. The van der Waals surface area contributed by atoms with E-state index in [1.54, 1.807) is 20.1 Å². The lowest BCUT2D eigenvalue weighted by Crippen LogP contribution is -2.35. The Hall–Kier alpha value is -1.66. The Morgan fingerprint density at radius 3 is 2.68 bits per heavy atom. The Morgan fingerprint density at radius 1 is 1.32 bits per heavy atom. The molecule has 0 atom stereocenters. The topological polar surface area (TPSA) is 54.0 Å². The van der Waals surface area contributed by atoms with Gasteiger partial charge in [-0.25, -0.2) is 9.18 Å². The van der Waals surface area contributed by atoms with Crippen molar-refractivity contribution in [1.29, 1.82) is 0 Å². The molecule has 1 fully saturated rings. The van der Waals surface area contributed by atoms with Crippen LogP contribution in [0, 0.1) is 5.82 Å². The van der Waals surface area contributed by atoms with Crippen LogP contribution < -0.4 is 4.74 Å². The second-order valence-electron chi connectivity index (χ2n) is 5.08. The molecule has 0 N–H and O–H groups in total. The molecular weight excluding hydrogens is 291 g/mol. The van der Waals surface area contributed by atoms with Gasteiger partial charge in [0.15, 0.2) is 6.61 Å². The zero-order valence-electron chi connectivity index (χ0n) is 12.9. The molecule has 1 aromatic rings. The lowest BCUT2D eigenvalue weighted by Gasteiger charge is -2.36. The number of hydrogen-bond acceptors (Lipinski definition) is 5. The Morgan fingerprint density at radius 2 is 2.05 bits per heavy atom. The summed E-state index contributed by atoms with van der Waals surface area (Å²) < 4.78 is 35.0. The molecule has 5 nitrogen and oxygen atoms in total. The van der Waals surface area contributed by atoms with Gasteiger partial charge in [0.2, 0.25) is 0 Å². The number of esters is 1. The molecule has 0 aliphatic carbocycles. The summed E-state index contributed by atoms with van der Waals surface area (Å²) in [7, 11) is 1.61. The van der Waals surface area contributed by atoms with Gasteiger partial charge in [0.1, 0.15) is 11.6 Å². The molecule has 0 amide bonds. The zero-order valence-corrected chi connectivity index (χ0v) is 12.9. The fourth-order valence-corrected chi connectivity index (χ4v) is 2.57. The second kappa shape index (κ2) is 7.56. The van der Waals surface area contributed by atoms with E-state index in [1.807, 2.05) is 0 Å². The third-order valence-electron chi connectivity index (χ3n) is 3.75. The van der Waals surface area contributed by atoms with E-state index in [1.165, 1.54) is 12.1 Å². The fraction of sp³-hybridized carbons (Fsp3) is 0.562. The number of carbonyl (C=O) groups is 1. The summed E-state index contributed by atoms with van der Waals surface area (Å²) in [6.07, 6.45) is 1.29. The van der Waals surface area contributed by atoms with Crippen molar-refractivity contribution in [2.24, 2.45) is 0 Å². The van der Waals surface area contributed by atoms with Crippen molar-refractivity contribution in [3.63, 3.8) is 0 Å². The van der Waals surface area contributed by atoms with Crippen molar-refractivity contribution in [2.45, 2.75) is 25.4 Å². The lowest BCUT2D eigenvalue weighted by atomic mass is 9.86. The van der Waals surface area contributed by atoms with Crippen molar-refractivity contribution in [2.75, 3.05) is 33.5 Å². The number of hydrogen-bond donors (Lipinski definition) is 0. The van der Waals surface area contributed by atoms with Gasteiger partial charge in [-0.3, -0.25) is 0 Å². The van der Waals surface area contributed by atoms with Crippen molar-refractivity contribution in [1.82, 2.24) is 0 Å². The predicted octanol–water partition coefficient (Wildman–Crippen LogP) is 2.42. The van der Waals surface area contributed by atoms with E-state index in [0.717, 1.165) is 0 Å². The average Bonchev–Trinajstić information content (AvgIpc) is 2.53. The Labute approximate surface area is 129 Å². The SMILES string of the molecule is CCOC(=O)COc1cc(F)cc(C2(OC)CCOCC2)c1. The average molecular weight is 312 g/mol. The summed E-state index contributed by atoms with van der Waals surface area (Å²) in [6.45, 7) is 2.86. The van der Waals surface area contributed by atoms with E-state index in [4.69, 9.17) is 18.9 Å². The van der Waals surface area contributed by atoms with Crippen LogP contribution in [0.5, 0.6) is 5.75 Å². The quantitative estimate of drug-likeness (QED) is 0.755. The highest BCUT2D eigenvalue weighted by atomic mass is 19.1. The molecule has 2 rings (SSSR count). The molecule has 0 unspecified atom stereocenters. The van der Waals surface area contributed by atoms with Crippen LogP contribution in [0.3, 0.4) is 0 Å². The van der Waals surface area contributed by atoms with E-state index in [9.17, 15) is 9.18 Å². The van der Waals surface area contributed by atoms with Crippen LogP contribution in [-0.4, -0.2) is 39.5 Å². The van der Waals surface area contributed by atoms with Gasteiger partial charge < -0.3 is 18.9 Å². The fourth-order valence-electron chi connectivity index (χ4n) is 2.57. The van der Waals surface area contributed by atoms with Crippen LogP contribution in [-0.2, 0) is 24.6 Å². The molecule has 1 heterocycles. The van der Waals surface area contributed by atoms with E-state index in [2.05, 4.69) is 0 Å². The van der Waals surface area contributed by atoms with Crippen LogP contribution >= 0.6 is 0 Å². The van der Waals surface area contributed by atoms with Crippen molar-refractivity contribution >= 4 is 5.97 Å².